The van der Waals surface area contributed by atoms with Crippen LogP contribution in [0.4, 0.5) is 0 Å². The second kappa shape index (κ2) is 8.49. The van der Waals surface area contributed by atoms with Crippen LogP contribution in [0.1, 0.15) is 18.9 Å². The summed E-state index contributed by atoms with van der Waals surface area (Å²) in [6, 6.07) is 9.19. The topological polar surface area (TPSA) is 101 Å². The van der Waals surface area contributed by atoms with E-state index in [0.29, 0.717) is 6.42 Å². The van der Waals surface area contributed by atoms with E-state index in [9.17, 15) is 19.3 Å². The highest BCUT2D eigenvalue weighted by atomic mass is 31.1. The van der Waals surface area contributed by atoms with Gasteiger partial charge in [-0.05, 0) is 29.9 Å². The summed E-state index contributed by atoms with van der Waals surface area (Å²) in [4.78, 5) is 21.7. The minimum absolute atomic E-state index is 0.172. The molecule has 6 nitrogen and oxygen atoms in total. The van der Waals surface area contributed by atoms with Gasteiger partial charge in [-0.3, -0.25) is 4.79 Å². The van der Waals surface area contributed by atoms with Crippen LogP contribution in [0.25, 0.3) is 0 Å². The predicted octanol–water partition coefficient (Wildman–Crippen LogP) is 2.55. The lowest BCUT2D eigenvalue weighted by molar-refractivity contribution is -0.142. The standard InChI is InChI=1S/C14H17O6P/c1-10(20-21(19)9-13(15)16)7-12(14(17)18)8-11-5-3-2-4-6-11/h2-6,10,12H,7-9H2,1H3,(H-,15,16,17,18)/p+1. The summed E-state index contributed by atoms with van der Waals surface area (Å²) in [7, 11) is -2.31. The number of hydrogen-bond donors (Lipinski definition) is 2. The molecule has 0 fully saturated rings. The summed E-state index contributed by atoms with van der Waals surface area (Å²) in [5, 5.41) is 17.7. The maximum Gasteiger partial charge on any atom is 0.520 e. The van der Waals surface area contributed by atoms with Crippen molar-refractivity contribution < 1.29 is 28.9 Å². The summed E-state index contributed by atoms with van der Waals surface area (Å²) < 4.78 is 16.4. The first kappa shape index (κ1) is 17.3. The molecule has 0 saturated heterocycles. The number of carboxylic acids is 2. The van der Waals surface area contributed by atoms with Crippen LogP contribution >= 0.6 is 8.03 Å². The van der Waals surface area contributed by atoms with Gasteiger partial charge < -0.3 is 10.2 Å². The Hall–Kier alpha value is -1.78. The van der Waals surface area contributed by atoms with Crippen molar-refractivity contribution in [2.45, 2.75) is 25.9 Å². The molecule has 0 aliphatic carbocycles. The molecule has 7 heteroatoms. The molecule has 21 heavy (non-hydrogen) atoms. The number of carboxylic acid groups (broad SMARTS) is 2. The molecule has 0 aromatic heterocycles. The van der Waals surface area contributed by atoms with Crippen LogP contribution in [-0.2, 0) is 25.1 Å². The second-order valence-corrected chi connectivity index (χ2v) is 5.95. The Morgan fingerprint density at radius 3 is 2.38 bits per heavy atom. The molecule has 2 N–H and O–H groups in total. The summed E-state index contributed by atoms with van der Waals surface area (Å²) >= 11 is 0. The van der Waals surface area contributed by atoms with E-state index in [-0.39, 0.29) is 6.42 Å². The molecule has 0 aliphatic heterocycles. The zero-order valence-electron chi connectivity index (χ0n) is 11.6. The second-order valence-electron chi connectivity index (χ2n) is 4.76. The summed E-state index contributed by atoms with van der Waals surface area (Å²) in [6.07, 6.45) is -0.640. The van der Waals surface area contributed by atoms with Crippen molar-refractivity contribution in [3.8, 4) is 0 Å². The molecule has 0 saturated carbocycles. The molecule has 0 heterocycles. The van der Waals surface area contributed by atoms with Gasteiger partial charge in [0.1, 0.15) is 6.10 Å². The van der Waals surface area contributed by atoms with Gasteiger partial charge in [0, 0.05) is 0 Å². The van der Waals surface area contributed by atoms with Gasteiger partial charge in [-0.25, -0.2) is 4.79 Å². The maximum atomic E-state index is 11.4. The molecule has 1 aromatic carbocycles. The van der Waals surface area contributed by atoms with Crippen LogP contribution in [-0.4, -0.2) is 34.4 Å². The van der Waals surface area contributed by atoms with E-state index in [1.807, 2.05) is 30.3 Å². The minimum Gasteiger partial charge on any atom is -0.481 e. The summed E-state index contributed by atoms with van der Waals surface area (Å²) in [6.45, 7) is 1.59. The van der Waals surface area contributed by atoms with Crippen molar-refractivity contribution in [1.29, 1.82) is 0 Å². The molecule has 3 unspecified atom stereocenters. The van der Waals surface area contributed by atoms with Gasteiger partial charge in [0.05, 0.1) is 5.92 Å². The highest BCUT2D eigenvalue weighted by Gasteiger charge is 2.29. The number of rotatable bonds is 9. The molecule has 0 aliphatic rings. The monoisotopic (exact) mass is 313 g/mol. The lowest BCUT2D eigenvalue weighted by Crippen LogP contribution is -2.22. The Labute approximate surface area is 123 Å². The number of benzene rings is 1. The molecule has 0 bridgehead atoms. The highest BCUT2D eigenvalue weighted by molar-refractivity contribution is 7.40. The smallest absolute Gasteiger partial charge is 0.481 e. The van der Waals surface area contributed by atoms with Crippen LogP contribution in [0.2, 0.25) is 0 Å². The van der Waals surface area contributed by atoms with E-state index in [2.05, 4.69) is 0 Å². The fourth-order valence-electron chi connectivity index (χ4n) is 1.96. The average molecular weight is 313 g/mol. The molecular weight excluding hydrogens is 295 g/mol. The van der Waals surface area contributed by atoms with Gasteiger partial charge in [-0.15, -0.1) is 4.52 Å². The Bertz CT molecular complexity index is 501. The Kier molecular flexibility index (Phi) is 6.99. The first-order chi connectivity index (χ1) is 9.88. The zero-order chi connectivity index (χ0) is 15.8. The van der Waals surface area contributed by atoms with Crippen molar-refractivity contribution in [3.63, 3.8) is 0 Å². The molecule has 114 valence electrons. The third-order valence-electron chi connectivity index (χ3n) is 2.85. The number of carbonyl (C=O) groups is 2. The minimum atomic E-state index is -2.31. The largest absolute Gasteiger partial charge is 0.520 e. The molecule has 1 aromatic rings. The van der Waals surface area contributed by atoms with Crippen LogP contribution in [0.5, 0.6) is 0 Å². The zero-order valence-corrected chi connectivity index (χ0v) is 12.5. The Morgan fingerprint density at radius 2 is 1.86 bits per heavy atom. The SMILES string of the molecule is CC(CC(Cc1ccccc1)C(=O)O)O[P+](=O)CC(=O)O. The van der Waals surface area contributed by atoms with Gasteiger partial charge in [0.15, 0.2) is 0 Å². The summed E-state index contributed by atoms with van der Waals surface area (Å²) in [5.74, 6) is -2.83. The van der Waals surface area contributed by atoms with E-state index in [0.717, 1.165) is 5.56 Å². The molecule has 1 rings (SSSR count). The molecule has 0 spiro atoms. The van der Waals surface area contributed by atoms with Gasteiger partial charge in [-0.1, -0.05) is 30.3 Å². The fourth-order valence-corrected chi connectivity index (χ4v) is 2.75. The first-order valence-electron chi connectivity index (χ1n) is 6.48. The third-order valence-corrected chi connectivity index (χ3v) is 3.98. The fraction of sp³-hybridized carbons (Fsp3) is 0.429. The Balaban J connectivity index is 2.56. The van der Waals surface area contributed by atoms with Crippen molar-refractivity contribution in [2.75, 3.05) is 6.16 Å². The van der Waals surface area contributed by atoms with Crippen molar-refractivity contribution in [3.05, 3.63) is 35.9 Å². The summed E-state index contributed by atoms with van der Waals surface area (Å²) in [5.41, 5.74) is 0.895. The van der Waals surface area contributed by atoms with E-state index in [4.69, 9.17) is 9.63 Å². The van der Waals surface area contributed by atoms with Crippen LogP contribution < -0.4 is 0 Å². The third kappa shape index (κ3) is 6.97. The van der Waals surface area contributed by atoms with Crippen molar-refractivity contribution in [1.82, 2.24) is 0 Å². The van der Waals surface area contributed by atoms with Gasteiger partial charge >= 0.3 is 20.0 Å². The van der Waals surface area contributed by atoms with E-state index >= 15 is 0 Å². The van der Waals surface area contributed by atoms with E-state index < -0.39 is 38.2 Å². The van der Waals surface area contributed by atoms with Crippen molar-refractivity contribution in [2.24, 2.45) is 5.92 Å². The lowest BCUT2D eigenvalue weighted by Gasteiger charge is -2.14. The first-order valence-corrected chi connectivity index (χ1v) is 7.84. The molecule has 0 amide bonds. The van der Waals surface area contributed by atoms with E-state index in [1.165, 1.54) is 0 Å². The highest BCUT2D eigenvalue weighted by Crippen LogP contribution is 2.27. The van der Waals surface area contributed by atoms with E-state index in [1.54, 1.807) is 6.92 Å². The quantitative estimate of drug-likeness (QED) is 0.679. The number of hydrogen-bond acceptors (Lipinski definition) is 4. The van der Waals surface area contributed by atoms with Crippen LogP contribution in [0.15, 0.2) is 30.3 Å². The Morgan fingerprint density at radius 1 is 1.24 bits per heavy atom. The van der Waals surface area contributed by atoms with Crippen molar-refractivity contribution >= 4 is 20.0 Å². The van der Waals surface area contributed by atoms with Crippen LogP contribution in [0.3, 0.4) is 0 Å². The molecule has 3 atom stereocenters. The maximum absolute atomic E-state index is 11.4. The van der Waals surface area contributed by atoms with Gasteiger partial charge in [0.25, 0.3) is 6.16 Å². The van der Waals surface area contributed by atoms with Crippen LogP contribution in [0, 0.1) is 5.92 Å². The van der Waals surface area contributed by atoms with Gasteiger partial charge in [-0.2, -0.15) is 0 Å². The normalized spacial score (nSPS) is 14.2. The average Bonchev–Trinajstić information content (AvgIpc) is 2.37. The predicted molar refractivity (Wildman–Crippen MR) is 76.5 cm³/mol. The van der Waals surface area contributed by atoms with Gasteiger partial charge in [0.2, 0.25) is 0 Å². The lowest BCUT2D eigenvalue weighted by atomic mass is 9.94. The number of aliphatic carboxylic acids is 2. The molecular formula is C14H18O6P+. The molecule has 0 radical (unpaired) electrons.